The van der Waals surface area contributed by atoms with Gasteiger partial charge in [0.05, 0.1) is 18.8 Å². The third-order valence-electron chi connectivity index (χ3n) is 3.48. The zero-order valence-corrected chi connectivity index (χ0v) is 11.6. The molecule has 1 atom stereocenters. The van der Waals surface area contributed by atoms with Gasteiger partial charge in [-0.05, 0) is 5.56 Å². The Morgan fingerprint density at radius 1 is 1.35 bits per heavy atom. The highest BCUT2D eigenvalue weighted by molar-refractivity contribution is 6.60. The molecule has 6 nitrogen and oxygen atoms in total. The fourth-order valence-electron chi connectivity index (χ4n) is 1.95. The molecule has 0 aliphatic carbocycles. The molecule has 0 spiro atoms. The van der Waals surface area contributed by atoms with E-state index in [1.54, 1.807) is 6.92 Å². The minimum absolute atomic E-state index is 0.0268. The summed E-state index contributed by atoms with van der Waals surface area (Å²) in [6, 6.07) is 9.00. The first-order chi connectivity index (χ1) is 9.47. The van der Waals surface area contributed by atoms with Crippen LogP contribution in [-0.2, 0) is 20.7 Å². The first kappa shape index (κ1) is 15.4. The average molecular weight is 282 g/mol. The molecule has 4 N–H and O–H groups in total. The second-order valence-electron chi connectivity index (χ2n) is 5.37. The Kier molecular flexibility index (Phi) is 4.80. The summed E-state index contributed by atoms with van der Waals surface area (Å²) in [5.74, 6) is 0. The van der Waals surface area contributed by atoms with E-state index in [9.17, 15) is 5.02 Å². The van der Waals surface area contributed by atoms with Crippen LogP contribution in [0.15, 0.2) is 30.3 Å². The molecule has 0 unspecified atom stereocenters. The predicted molar refractivity (Wildman–Crippen MR) is 74.6 cm³/mol. The molecule has 1 aromatic rings. The van der Waals surface area contributed by atoms with Crippen LogP contribution in [0.25, 0.3) is 0 Å². The van der Waals surface area contributed by atoms with Crippen LogP contribution in [0, 0.1) is 0 Å². The van der Waals surface area contributed by atoms with Crippen molar-refractivity contribution in [1.82, 2.24) is 0 Å². The second kappa shape index (κ2) is 6.21. The summed E-state index contributed by atoms with van der Waals surface area (Å²) >= 11 is 0. The van der Waals surface area contributed by atoms with Gasteiger partial charge in [-0.2, -0.15) is 0 Å². The van der Waals surface area contributed by atoms with Crippen molar-refractivity contribution in [2.24, 2.45) is 5.73 Å². The van der Waals surface area contributed by atoms with E-state index >= 15 is 0 Å². The first-order valence-corrected chi connectivity index (χ1v) is 6.67. The molecule has 20 heavy (non-hydrogen) atoms. The second-order valence-corrected chi connectivity index (χ2v) is 5.37. The standard InChI is InChI=1S/C13H21BNO5/c1-11(18-7-12-5-3-2-4-6-12)14(17)19-9-13(15,8-16)10-20-14/h2-6,11,16-17H,7-10,15H2,1H3/q-1/t11-,13?,14?/m0/s1. The van der Waals surface area contributed by atoms with Crippen molar-refractivity contribution < 1.29 is 24.2 Å². The zero-order valence-electron chi connectivity index (χ0n) is 11.6. The molecular weight excluding hydrogens is 261 g/mol. The maximum Gasteiger partial charge on any atom is 0.404 e. The summed E-state index contributed by atoms with van der Waals surface area (Å²) in [6.45, 7) is -0.720. The smallest absolute Gasteiger partial charge is 0.404 e. The summed E-state index contributed by atoms with van der Waals surface area (Å²) < 4.78 is 16.2. The van der Waals surface area contributed by atoms with Gasteiger partial charge in [0.1, 0.15) is 0 Å². The number of rotatable bonds is 5. The van der Waals surface area contributed by atoms with Crippen molar-refractivity contribution in [2.75, 3.05) is 19.8 Å². The average Bonchev–Trinajstić information content (AvgIpc) is 2.49. The lowest BCUT2D eigenvalue weighted by Crippen LogP contribution is -2.66. The molecule has 0 radical (unpaired) electrons. The summed E-state index contributed by atoms with van der Waals surface area (Å²) in [6.07, 6.45) is 0. The van der Waals surface area contributed by atoms with Gasteiger partial charge in [0.15, 0.2) is 0 Å². The Morgan fingerprint density at radius 3 is 2.50 bits per heavy atom. The first-order valence-electron chi connectivity index (χ1n) is 6.67. The van der Waals surface area contributed by atoms with Crippen molar-refractivity contribution >= 4 is 6.75 Å². The molecule has 0 amide bonds. The minimum atomic E-state index is -2.55. The van der Waals surface area contributed by atoms with Crippen LogP contribution in [0.3, 0.4) is 0 Å². The Hall–Kier alpha value is -0.955. The van der Waals surface area contributed by atoms with Crippen molar-refractivity contribution in [3.05, 3.63) is 35.9 Å². The van der Waals surface area contributed by atoms with Crippen molar-refractivity contribution in [1.29, 1.82) is 0 Å². The topological polar surface area (TPSA) is 94.2 Å². The SMILES string of the molecule is C[C@H](OCc1ccccc1)[B-]1(O)OCC(N)(CO)CO1. The quantitative estimate of drug-likeness (QED) is 0.647. The van der Waals surface area contributed by atoms with Crippen LogP contribution in [0.4, 0.5) is 0 Å². The number of aliphatic hydroxyl groups excluding tert-OH is 1. The van der Waals surface area contributed by atoms with Gasteiger partial charge in [-0.25, -0.2) is 0 Å². The summed E-state index contributed by atoms with van der Waals surface area (Å²) in [5.41, 5.74) is 5.84. The van der Waals surface area contributed by atoms with E-state index in [4.69, 9.17) is 24.9 Å². The third-order valence-corrected chi connectivity index (χ3v) is 3.48. The molecule has 1 aliphatic rings. The van der Waals surface area contributed by atoms with Gasteiger partial charge in [0.25, 0.3) is 0 Å². The van der Waals surface area contributed by atoms with Crippen LogP contribution < -0.4 is 5.73 Å². The number of ether oxygens (including phenoxy) is 1. The molecule has 2 rings (SSSR count). The van der Waals surface area contributed by atoms with E-state index in [0.717, 1.165) is 5.56 Å². The molecule has 1 saturated heterocycles. The Morgan fingerprint density at radius 2 is 1.95 bits per heavy atom. The lowest BCUT2D eigenvalue weighted by atomic mass is 9.70. The van der Waals surface area contributed by atoms with Crippen LogP contribution >= 0.6 is 0 Å². The van der Waals surface area contributed by atoms with E-state index in [1.165, 1.54) is 0 Å². The molecule has 112 valence electrons. The van der Waals surface area contributed by atoms with Gasteiger partial charge in [-0.3, -0.25) is 0 Å². The van der Waals surface area contributed by atoms with E-state index in [2.05, 4.69) is 0 Å². The normalized spacial score (nSPS) is 32.0. The molecule has 1 fully saturated rings. The Labute approximate surface area is 118 Å². The van der Waals surface area contributed by atoms with Crippen molar-refractivity contribution in [3.8, 4) is 0 Å². The molecular formula is C13H21BNO5-. The monoisotopic (exact) mass is 282 g/mol. The van der Waals surface area contributed by atoms with Gasteiger partial charge in [-0.15, -0.1) is 0 Å². The van der Waals surface area contributed by atoms with Gasteiger partial charge < -0.3 is 29.9 Å². The van der Waals surface area contributed by atoms with E-state index in [-0.39, 0.29) is 19.8 Å². The Bertz CT molecular complexity index is 422. The Balaban J connectivity index is 1.87. The predicted octanol–water partition coefficient (Wildman–Crippen LogP) is -0.201. The maximum atomic E-state index is 10.3. The minimum Gasteiger partial charge on any atom is -0.558 e. The summed E-state index contributed by atoms with van der Waals surface area (Å²) in [4.78, 5) is 0. The van der Waals surface area contributed by atoms with Gasteiger partial charge >= 0.3 is 6.75 Å². The molecule has 1 aliphatic heterocycles. The fraction of sp³-hybridized carbons (Fsp3) is 0.538. The van der Waals surface area contributed by atoms with Gasteiger partial charge in [0.2, 0.25) is 0 Å². The number of benzene rings is 1. The summed E-state index contributed by atoms with van der Waals surface area (Å²) in [7, 11) is 0. The van der Waals surface area contributed by atoms with Crippen LogP contribution in [0.5, 0.6) is 0 Å². The lowest BCUT2D eigenvalue weighted by Gasteiger charge is -2.49. The van der Waals surface area contributed by atoms with Crippen LogP contribution in [-0.4, -0.2) is 48.2 Å². The van der Waals surface area contributed by atoms with E-state index in [1.807, 2.05) is 30.3 Å². The van der Waals surface area contributed by atoms with E-state index in [0.29, 0.717) is 6.61 Å². The van der Waals surface area contributed by atoms with Gasteiger partial charge in [0, 0.05) is 19.2 Å². The molecule has 1 heterocycles. The lowest BCUT2D eigenvalue weighted by molar-refractivity contribution is -0.0583. The highest BCUT2D eigenvalue weighted by Gasteiger charge is 2.42. The highest BCUT2D eigenvalue weighted by atomic mass is 16.7. The fourth-order valence-corrected chi connectivity index (χ4v) is 1.95. The molecule has 1 aromatic carbocycles. The van der Waals surface area contributed by atoms with Crippen molar-refractivity contribution in [3.63, 3.8) is 0 Å². The molecule has 0 aromatic heterocycles. The number of hydrogen-bond donors (Lipinski definition) is 3. The highest BCUT2D eigenvalue weighted by Crippen LogP contribution is 2.22. The number of nitrogens with two attached hydrogens (primary N) is 1. The zero-order chi connectivity index (χ0) is 14.6. The molecule has 7 heteroatoms. The largest absolute Gasteiger partial charge is 0.558 e. The molecule has 0 bridgehead atoms. The maximum absolute atomic E-state index is 10.3. The summed E-state index contributed by atoms with van der Waals surface area (Å²) in [5, 5.41) is 19.4. The number of hydrogen-bond acceptors (Lipinski definition) is 6. The van der Waals surface area contributed by atoms with Gasteiger partial charge in [-0.1, -0.05) is 37.3 Å². The number of aliphatic hydroxyl groups is 1. The van der Waals surface area contributed by atoms with Crippen LogP contribution in [0.1, 0.15) is 12.5 Å². The van der Waals surface area contributed by atoms with Crippen molar-refractivity contribution in [2.45, 2.75) is 25.1 Å². The third kappa shape index (κ3) is 3.57. The molecule has 0 saturated carbocycles. The van der Waals surface area contributed by atoms with Crippen LogP contribution in [0.2, 0.25) is 0 Å². The van der Waals surface area contributed by atoms with E-state index < -0.39 is 18.3 Å².